The number of halogens is 1. The lowest BCUT2D eigenvalue weighted by Crippen LogP contribution is -2.20. The Morgan fingerprint density at radius 1 is 1.42 bits per heavy atom. The molecule has 1 heterocycles. The van der Waals surface area contributed by atoms with Crippen LogP contribution in [0.1, 0.15) is 10.4 Å². The fourth-order valence-electron chi connectivity index (χ4n) is 1.53. The summed E-state index contributed by atoms with van der Waals surface area (Å²) in [5.74, 6) is -2.44. The number of aromatic nitrogens is 2. The van der Waals surface area contributed by atoms with E-state index in [0.717, 1.165) is 12.1 Å². The Labute approximate surface area is 107 Å². The molecule has 0 atom stereocenters. The SMILES string of the molecule is O=C(Cn1cccn1)Nc1ccc(F)cc1C(=O)O. The first-order valence-corrected chi connectivity index (χ1v) is 5.36. The second-order valence-corrected chi connectivity index (χ2v) is 3.75. The fraction of sp³-hybridized carbons (Fsp3) is 0.0833. The highest BCUT2D eigenvalue weighted by atomic mass is 19.1. The van der Waals surface area contributed by atoms with E-state index in [1.807, 2.05) is 0 Å². The first kappa shape index (κ1) is 12.7. The third-order valence-electron chi connectivity index (χ3n) is 2.35. The maximum absolute atomic E-state index is 13.0. The third-order valence-corrected chi connectivity index (χ3v) is 2.35. The Bertz CT molecular complexity index is 611. The molecule has 0 bridgehead atoms. The molecular weight excluding hydrogens is 253 g/mol. The molecule has 2 N–H and O–H groups in total. The number of carbonyl (C=O) groups excluding carboxylic acids is 1. The topological polar surface area (TPSA) is 84.2 Å². The van der Waals surface area contributed by atoms with Crippen LogP contribution in [0.5, 0.6) is 0 Å². The third kappa shape index (κ3) is 3.15. The van der Waals surface area contributed by atoms with Crippen LogP contribution in [0.2, 0.25) is 0 Å². The smallest absolute Gasteiger partial charge is 0.337 e. The molecule has 98 valence electrons. The lowest BCUT2D eigenvalue weighted by atomic mass is 10.1. The molecule has 0 saturated heterocycles. The summed E-state index contributed by atoms with van der Waals surface area (Å²) in [5.41, 5.74) is -0.250. The summed E-state index contributed by atoms with van der Waals surface area (Å²) in [5, 5.41) is 15.2. The lowest BCUT2D eigenvalue weighted by Gasteiger charge is -2.08. The van der Waals surface area contributed by atoms with Crippen molar-refractivity contribution in [2.45, 2.75) is 6.54 Å². The lowest BCUT2D eigenvalue weighted by molar-refractivity contribution is -0.116. The molecule has 7 heteroatoms. The summed E-state index contributed by atoms with van der Waals surface area (Å²) in [6, 6.07) is 4.80. The molecule has 0 spiro atoms. The zero-order chi connectivity index (χ0) is 13.8. The monoisotopic (exact) mass is 263 g/mol. The van der Waals surface area contributed by atoms with Gasteiger partial charge in [0.1, 0.15) is 12.4 Å². The average Bonchev–Trinajstić information content (AvgIpc) is 2.83. The quantitative estimate of drug-likeness (QED) is 0.872. The summed E-state index contributed by atoms with van der Waals surface area (Å²) < 4.78 is 14.3. The van der Waals surface area contributed by atoms with Crippen molar-refractivity contribution in [1.82, 2.24) is 9.78 Å². The molecule has 19 heavy (non-hydrogen) atoms. The molecule has 0 unspecified atom stereocenters. The van der Waals surface area contributed by atoms with E-state index in [9.17, 15) is 14.0 Å². The minimum Gasteiger partial charge on any atom is -0.478 e. The summed E-state index contributed by atoms with van der Waals surface area (Å²) in [6.07, 6.45) is 3.12. The highest BCUT2D eigenvalue weighted by molar-refractivity contribution is 6.00. The van der Waals surface area contributed by atoms with Crippen LogP contribution in [0.15, 0.2) is 36.7 Å². The number of rotatable bonds is 4. The van der Waals surface area contributed by atoms with E-state index >= 15 is 0 Å². The molecule has 0 aliphatic heterocycles. The summed E-state index contributed by atoms with van der Waals surface area (Å²) in [4.78, 5) is 22.6. The van der Waals surface area contributed by atoms with Gasteiger partial charge in [-0.25, -0.2) is 9.18 Å². The van der Waals surface area contributed by atoms with Crippen LogP contribution < -0.4 is 5.32 Å². The van der Waals surface area contributed by atoms with Gasteiger partial charge in [-0.3, -0.25) is 9.48 Å². The number of carbonyl (C=O) groups is 2. The van der Waals surface area contributed by atoms with Gasteiger partial charge in [0, 0.05) is 12.4 Å². The minimum absolute atomic E-state index is 0.0473. The number of carboxylic acid groups (broad SMARTS) is 1. The maximum Gasteiger partial charge on any atom is 0.337 e. The van der Waals surface area contributed by atoms with Crippen molar-refractivity contribution in [2.24, 2.45) is 0 Å². The number of carboxylic acids is 1. The molecule has 6 nitrogen and oxygen atoms in total. The van der Waals surface area contributed by atoms with E-state index in [-0.39, 0.29) is 17.8 Å². The van der Waals surface area contributed by atoms with Crippen molar-refractivity contribution < 1.29 is 19.1 Å². The Morgan fingerprint density at radius 3 is 2.84 bits per heavy atom. The second-order valence-electron chi connectivity index (χ2n) is 3.75. The van der Waals surface area contributed by atoms with Crippen LogP contribution in [0.3, 0.4) is 0 Å². The van der Waals surface area contributed by atoms with E-state index in [1.165, 1.54) is 16.9 Å². The molecule has 2 aromatic rings. The van der Waals surface area contributed by atoms with Gasteiger partial charge < -0.3 is 10.4 Å². The molecule has 0 fully saturated rings. The van der Waals surface area contributed by atoms with Crippen LogP contribution in [0, 0.1) is 5.82 Å². The Balaban J connectivity index is 2.14. The second kappa shape index (κ2) is 5.30. The molecule has 2 rings (SSSR count). The average molecular weight is 263 g/mol. The number of aromatic carboxylic acids is 1. The maximum atomic E-state index is 13.0. The van der Waals surface area contributed by atoms with E-state index in [2.05, 4.69) is 10.4 Å². The van der Waals surface area contributed by atoms with Crippen molar-refractivity contribution >= 4 is 17.6 Å². The summed E-state index contributed by atoms with van der Waals surface area (Å²) >= 11 is 0. The van der Waals surface area contributed by atoms with Gasteiger partial charge in [0.2, 0.25) is 5.91 Å². The predicted molar refractivity (Wildman–Crippen MR) is 64.2 cm³/mol. The standard InChI is InChI=1S/C12H10FN3O3/c13-8-2-3-10(9(6-8)12(18)19)15-11(17)7-16-5-1-4-14-16/h1-6H,7H2,(H,15,17)(H,18,19). The Morgan fingerprint density at radius 2 is 2.21 bits per heavy atom. The van der Waals surface area contributed by atoms with Gasteiger partial charge in [0.05, 0.1) is 11.3 Å². The number of benzene rings is 1. The van der Waals surface area contributed by atoms with Crippen LogP contribution in [0.4, 0.5) is 10.1 Å². The van der Waals surface area contributed by atoms with Gasteiger partial charge in [-0.05, 0) is 24.3 Å². The van der Waals surface area contributed by atoms with Gasteiger partial charge in [0.25, 0.3) is 0 Å². The van der Waals surface area contributed by atoms with Crippen molar-refractivity contribution in [3.05, 3.63) is 48.0 Å². The Hall–Kier alpha value is -2.70. The van der Waals surface area contributed by atoms with Crippen molar-refractivity contribution in [2.75, 3.05) is 5.32 Å². The highest BCUT2D eigenvalue weighted by Crippen LogP contribution is 2.17. The van der Waals surface area contributed by atoms with Crippen molar-refractivity contribution in [3.8, 4) is 0 Å². The molecule has 0 radical (unpaired) electrons. The molecule has 0 aliphatic carbocycles. The van der Waals surface area contributed by atoms with Gasteiger partial charge in [0.15, 0.2) is 0 Å². The molecular formula is C12H10FN3O3. The van der Waals surface area contributed by atoms with Gasteiger partial charge >= 0.3 is 5.97 Å². The summed E-state index contributed by atoms with van der Waals surface area (Å²) in [7, 11) is 0. The number of nitrogens with one attached hydrogen (secondary N) is 1. The molecule has 0 aliphatic rings. The Kier molecular flexibility index (Phi) is 3.56. The van der Waals surface area contributed by atoms with Crippen molar-refractivity contribution in [3.63, 3.8) is 0 Å². The molecule has 1 amide bonds. The fourth-order valence-corrected chi connectivity index (χ4v) is 1.53. The van der Waals surface area contributed by atoms with Crippen LogP contribution >= 0.6 is 0 Å². The van der Waals surface area contributed by atoms with Gasteiger partial charge in [-0.2, -0.15) is 5.10 Å². The first-order chi connectivity index (χ1) is 9.06. The first-order valence-electron chi connectivity index (χ1n) is 5.36. The minimum atomic E-state index is -1.31. The van der Waals surface area contributed by atoms with Crippen LogP contribution in [-0.4, -0.2) is 26.8 Å². The number of nitrogens with zero attached hydrogens (tertiary/aromatic N) is 2. The number of anilines is 1. The predicted octanol–water partition coefficient (Wildman–Crippen LogP) is 1.36. The zero-order valence-electron chi connectivity index (χ0n) is 9.71. The van der Waals surface area contributed by atoms with E-state index in [1.54, 1.807) is 12.3 Å². The zero-order valence-corrected chi connectivity index (χ0v) is 9.71. The van der Waals surface area contributed by atoms with Crippen LogP contribution in [-0.2, 0) is 11.3 Å². The van der Waals surface area contributed by atoms with E-state index in [0.29, 0.717) is 0 Å². The highest BCUT2D eigenvalue weighted by Gasteiger charge is 2.13. The van der Waals surface area contributed by atoms with E-state index < -0.39 is 17.7 Å². The normalized spacial score (nSPS) is 10.2. The van der Waals surface area contributed by atoms with E-state index in [4.69, 9.17) is 5.11 Å². The molecule has 0 saturated carbocycles. The largest absolute Gasteiger partial charge is 0.478 e. The number of amides is 1. The van der Waals surface area contributed by atoms with Gasteiger partial charge in [-0.15, -0.1) is 0 Å². The molecule has 1 aromatic heterocycles. The van der Waals surface area contributed by atoms with Crippen LogP contribution in [0.25, 0.3) is 0 Å². The van der Waals surface area contributed by atoms with Crippen molar-refractivity contribution in [1.29, 1.82) is 0 Å². The number of hydrogen-bond donors (Lipinski definition) is 2. The van der Waals surface area contributed by atoms with Gasteiger partial charge in [-0.1, -0.05) is 0 Å². The number of hydrogen-bond acceptors (Lipinski definition) is 3. The summed E-state index contributed by atoms with van der Waals surface area (Å²) in [6.45, 7) is -0.0521. The molecule has 1 aromatic carbocycles.